The monoisotopic (exact) mass is 259 g/mol. The number of rotatable bonds is 6. The highest BCUT2D eigenvalue weighted by atomic mass is 32.2. The minimum Gasteiger partial charge on any atom is -0.466 e. The quantitative estimate of drug-likeness (QED) is 0.593. The van der Waals surface area contributed by atoms with E-state index >= 15 is 0 Å². The van der Waals surface area contributed by atoms with E-state index in [-0.39, 0.29) is 12.4 Å². The zero-order chi connectivity index (χ0) is 12.8. The lowest BCUT2D eigenvalue weighted by molar-refractivity contribution is -0.144. The Morgan fingerprint density at radius 3 is 2.82 bits per heavy atom. The number of hydrogen-bond acceptors (Lipinski definition) is 6. The van der Waals surface area contributed by atoms with Gasteiger partial charge in [0, 0.05) is 12.8 Å². The van der Waals surface area contributed by atoms with E-state index in [2.05, 4.69) is 10.2 Å². The molecule has 0 fully saturated rings. The third kappa shape index (κ3) is 4.35. The van der Waals surface area contributed by atoms with E-state index in [4.69, 9.17) is 4.74 Å². The van der Waals surface area contributed by atoms with Crippen LogP contribution in [0.25, 0.3) is 0 Å². The van der Waals surface area contributed by atoms with Crippen LogP contribution in [0.2, 0.25) is 0 Å². The third-order valence-corrected chi connectivity index (χ3v) is 3.33. The number of thioether (sulfide) groups is 1. The zero-order valence-corrected chi connectivity index (χ0v) is 11.0. The number of ether oxygens (including phenoxy) is 1. The Bertz CT molecular complexity index is 381. The number of aryl methyl sites for hydroxylation is 1. The second kappa shape index (κ2) is 6.61. The van der Waals surface area contributed by atoms with Gasteiger partial charge in [-0.2, -0.15) is 0 Å². The fourth-order valence-corrected chi connectivity index (χ4v) is 2.04. The number of carbonyl (C=O) groups excluding carboxylic acids is 1. The van der Waals surface area contributed by atoms with Crippen molar-refractivity contribution >= 4 is 17.7 Å². The SMILES string of the molecule is CCOC(=O)CC(O)CSc1nnc(C)n1C. The van der Waals surface area contributed by atoms with Crippen molar-refractivity contribution in [1.82, 2.24) is 14.8 Å². The Morgan fingerprint density at radius 1 is 1.59 bits per heavy atom. The smallest absolute Gasteiger partial charge is 0.308 e. The number of carbonyl (C=O) groups is 1. The minimum atomic E-state index is -0.726. The maximum Gasteiger partial charge on any atom is 0.308 e. The predicted molar refractivity (Wildman–Crippen MR) is 63.7 cm³/mol. The Labute approximate surface area is 104 Å². The first-order chi connectivity index (χ1) is 8.04. The van der Waals surface area contributed by atoms with E-state index in [0.29, 0.717) is 12.4 Å². The van der Waals surface area contributed by atoms with E-state index in [1.807, 2.05) is 18.5 Å². The third-order valence-electron chi connectivity index (χ3n) is 2.17. The summed E-state index contributed by atoms with van der Waals surface area (Å²) < 4.78 is 6.59. The van der Waals surface area contributed by atoms with Gasteiger partial charge in [-0.15, -0.1) is 10.2 Å². The highest BCUT2D eigenvalue weighted by Crippen LogP contribution is 2.17. The zero-order valence-electron chi connectivity index (χ0n) is 10.2. The number of aromatic nitrogens is 3. The van der Waals surface area contributed by atoms with Crippen LogP contribution in [0.15, 0.2) is 5.16 Å². The van der Waals surface area contributed by atoms with Crippen molar-refractivity contribution in [2.24, 2.45) is 7.05 Å². The van der Waals surface area contributed by atoms with Crippen molar-refractivity contribution in [3.05, 3.63) is 5.82 Å². The van der Waals surface area contributed by atoms with Crippen LogP contribution in [0.1, 0.15) is 19.2 Å². The first-order valence-electron chi connectivity index (χ1n) is 5.37. The molecule has 0 aliphatic heterocycles. The molecule has 1 heterocycles. The Morgan fingerprint density at radius 2 is 2.29 bits per heavy atom. The summed E-state index contributed by atoms with van der Waals surface area (Å²) in [5.74, 6) is 0.826. The molecule has 0 aliphatic carbocycles. The number of aliphatic hydroxyl groups is 1. The summed E-state index contributed by atoms with van der Waals surface area (Å²) in [6.45, 7) is 3.93. The molecule has 0 aliphatic rings. The van der Waals surface area contributed by atoms with Gasteiger partial charge in [0.1, 0.15) is 5.82 Å². The van der Waals surface area contributed by atoms with Crippen molar-refractivity contribution < 1.29 is 14.6 Å². The molecule has 1 aromatic rings. The van der Waals surface area contributed by atoms with Gasteiger partial charge >= 0.3 is 5.97 Å². The highest BCUT2D eigenvalue weighted by molar-refractivity contribution is 7.99. The van der Waals surface area contributed by atoms with E-state index in [1.165, 1.54) is 11.8 Å². The molecule has 0 amide bonds. The summed E-state index contributed by atoms with van der Waals surface area (Å²) in [4.78, 5) is 11.1. The average Bonchev–Trinajstić information content (AvgIpc) is 2.57. The molecule has 1 atom stereocenters. The molecular weight excluding hydrogens is 242 g/mol. The molecule has 0 saturated heterocycles. The lowest BCUT2D eigenvalue weighted by atomic mass is 10.3. The van der Waals surface area contributed by atoms with E-state index in [1.54, 1.807) is 6.92 Å². The van der Waals surface area contributed by atoms with Gasteiger partial charge < -0.3 is 14.4 Å². The summed E-state index contributed by atoms with van der Waals surface area (Å²) in [6.07, 6.45) is -0.714. The standard InChI is InChI=1S/C10H17N3O3S/c1-4-16-9(15)5-8(14)6-17-10-12-11-7(2)13(10)3/h8,14H,4-6H2,1-3H3. The largest absolute Gasteiger partial charge is 0.466 e. The first-order valence-corrected chi connectivity index (χ1v) is 6.35. The van der Waals surface area contributed by atoms with Crippen LogP contribution in [0.3, 0.4) is 0 Å². The van der Waals surface area contributed by atoms with E-state index in [0.717, 1.165) is 11.0 Å². The van der Waals surface area contributed by atoms with Gasteiger partial charge in [0.2, 0.25) is 0 Å². The van der Waals surface area contributed by atoms with Gasteiger partial charge in [-0.05, 0) is 13.8 Å². The van der Waals surface area contributed by atoms with Crippen LogP contribution >= 0.6 is 11.8 Å². The van der Waals surface area contributed by atoms with Crippen LogP contribution in [0.5, 0.6) is 0 Å². The van der Waals surface area contributed by atoms with Gasteiger partial charge in [-0.3, -0.25) is 4.79 Å². The van der Waals surface area contributed by atoms with Gasteiger partial charge in [0.05, 0.1) is 19.1 Å². The van der Waals surface area contributed by atoms with Crippen molar-refractivity contribution in [2.45, 2.75) is 31.5 Å². The molecule has 7 heteroatoms. The number of aliphatic hydroxyl groups excluding tert-OH is 1. The van der Waals surface area contributed by atoms with Gasteiger partial charge in [-0.1, -0.05) is 11.8 Å². The molecule has 1 rings (SSSR count). The van der Waals surface area contributed by atoms with Crippen LogP contribution < -0.4 is 0 Å². The van der Waals surface area contributed by atoms with Crippen molar-refractivity contribution in [3.63, 3.8) is 0 Å². The topological polar surface area (TPSA) is 77.2 Å². The van der Waals surface area contributed by atoms with Crippen LogP contribution in [0.4, 0.5) is 0 Å². The number of hydrogen-bond donors (Lipinski definition) is 1. The lowest BCUT2D eigenvalue weighted by Gasteiger charge is -2.08. The van der Waals surface area contributed by atoms with E-state index < -0.39 is 6.10 Å². The van der Waals surface area contributed by atoms with Gasteiger partial charge in [-0.25, -0.2) is 0 Å². The molecule has 1 unspecified atom stereocenters. The number of nitrogens with zero attached hydrogens (tertiary/aromatic N) is 3. The summed E-state index contributed by atoms with van der Waals surface area (Å²) >= 11 is 1.37. The molecule has 0 spiro atoms. The molecular formula is C10H17N3O3S. The fraction of sp³-hybridized carbons (Fsp3) is 0.700. The molecule has 6 nitrogen and oxygen atoms in total. The number of esters is 1. The molecule has 1 N–H and O–H groups in total. The van der Waals surface area contributed by atoms with Crippen LogP contribution in [0, 0.1) is 6.92 Å². The summed E-state index contributed by atoms with van der Waals surface area (Å²) in [5.41, 5.74) is 0. The summed E-state index contributed by atoms with van der Waals surface area (Å²) in [5, 5.41) is 18.2. The summed E-state index contributed by atoms with van der Waals surface area (Å²) in [7, 11) is 1.86. The highest BCUT2D eigenvalue weighted by Gasteiger charge is 2.14. The maximum absolute atomic E-state index is 11.1. The Balaban J connectivity index is 2.35. The van der Waals surface area contributed by atoms with Crippen molar-refractivity contribution in [3.8, 4) is 0 Å². The van der Waals surface area contributed by atoms with Gasteiger partial charge in [0.15, 0.2) is 5.16 Å². The first kappa shape index (κ1) is 14.0. The Hall–Kier alpha value is -1.08. The molecule has 0 aromatic carbocycles. The fourth-order valence-electron chi connectivity index (χ4n) is 1.16. The molecule has 17 heavy (non-hydrogen) atoms. The molecule has 1 aromatic heterocycles. The van der Waals surface area contributed by atoms with Crippen LogP contribution in [-0.2, 0) is 16.6 Å². The van der Waals surface area contributed by atoms with Crippen molar-refractivity contribution in [2.75, 3.05) is 12.4 Å². The average molecular weight is 259 g/mol. The normalized spacial score (nSPS) is 12.5. The van der Waals surface area contributed by atoms with Crippen LogP contribution in [-0.4, -0.2) is 44.3 Å². The van der Waals surface area contributed by atoms with Crippen molar-refractivity contribution in [1.29, 1.82) is 0 Å². The van der Waals surface area contributed by atoms with Gasteiger partial charge in [0.25, 0.3) is 0 Å². The molecule has 0 radical (unpaired) electrons. The maximum atomic E-state index is 11.1. The summed E-state index contributed by atoms with van der Waals surface area (Å²) in [6, 6.07) is 0. The second-order valence-electron chi connectivity index (χ2n) is 3.56. The van der Waals surface area contributed by atoms with E-state index in [9.17, 15) is 9.90 Å². The molecule has 96 valence electrons. The lowest BCUT2D eigenvalue weighted by Crippen LogP contribution is -2.18. The molecule has 0 saturated carbocycles. The predicted octanol–water partition coefficient (Wildman–Crippen LogP) is 0.530. The Kier molecular flexibility index (Phi) is 5.43. The molecule has 0 bridgehead atoms. The second-order valence-corrected chi connectivity index (χ2v) is 4.55. The minimum absolute atomic E-state index is 0.0116.